The zero-order chi connectivity index (χ0) is 14.0. The molecule has 1 aliphatic heterocycles. The highest BCUT2D eigenvalue weighted by Crippen LogP contribution is 2.24. The molecule has 0 aliphatic carbocycles. The fourth-order valence-corrected chi connectivity index (χ4v) is 2.22. The van der Waals surface area contributed by atoms with E-state index in [9.17, 15) is 4.79 Å². The molecule has 104 valence electrons. The largest absolute Gasteiger partial charge is 0.495 e. The highest BCUT2D eigenvalue weighted by atomic mass is 16.5. The van der Waals surface area contributed by atoms with E-state index in [1.807, 2.05) is 18.7 Å². The molecule has 1 saturated heterocycles. The number of amides is 1. The quantitative estimate of drug-likeness (QED) is 0.823. The molecule has 2 unspecified atom stereocenters. The average molecular weight is 264 g/mol. The first-order valence-electron chi connectivity index (χ1n) is 6.39. The van der Waals surface area contributed by atoms with Crippen molar-refractivity contribution in [2.24, 2.45) is 0 Å². The van der Waals surface area contributed by atoms with Gasteiger partial charge in [0.1, 0.15) is 5.75 Å². The first-order valence-corrected chi connectivity index (χ1v) is 6.39. The van der Waals surface area contributed by atoms with Gasteiger partial charge in [-0.05, 0) is 32.0 Å². The Morgan fingerprint density at radius 1 is 1.47 bits per heavy atom. The number of methoxy groups -OCH3 is 1. The maximum Gasteiger partial charge on any atom is 0.254 e. The fraction of sp³-hybridized carbons (Fsp3) is 0.500. The molecule has 0 radical (unpaired) electrons. The summed E-state index contributed by atoms with van der Waals surface area (Å²) >= 11 is 0. The number of hydrogen-bond donors (Lipinski definition) is 1. The molecule has 1 fully saturated rings. The van der Waals surface area contributed by atoms with E-state index >= 15 is 0 Å². The summed E-state index contributed by atoms with van der Waals surface area (Å²) in [6, 6.07) is 5.20. The van der Waals surface area contributed by atoms with E-state index in [0.29, 0.717) is 30.2 Å². The van der Waals surface area contributed by atoms with Gasteiger partial charge in [0.15, 0.2) is 0 Å². The monoisotopic (exact) mass is 264 g/mol. The van der Waals surface area contributed by atoms with E-state index in [2.05, 4.69) is 0 Å². The zero-order valence-electron chi connectivity index (χ0n) is 11.6. The maximum absolute atomic E-state index is 12.5. The van der Waals surface area contributed by atoms with E-state index in [0.717, 1.165) is 0 Å². The Bertz CT molecular complexity index is 476. The number of carbonyl (C=O) groups is 1. The van der Waals surface area contributed by atoms with Crippen LogP contribution in [0.3, 0.4) is 0 Å². The molecule has 1 aromatic rings. The molecule has 5 heteroatoms. The SMILES string of the molecule is COc1ccc(C(=O)N2CC(C)OCC2C)cc1N. The molecule has 1 aromatic carbocycles. The van der Waals surface area contributed by atoms with Gasteiger partial charge in [-0.3, -0.25) is 4.79 Å². The summed E-state index contributed by atoms with van der Waals surface area (Å²) < 4.78 is 10.6. The van der Waals surface area contributed by atoms with Crippen molar-refractivity contribution in [3.8, 4) is 5.75 Å². The van der Waals surface area contributed by atoms with Crippen molar-refractivity contribution in [2.45, 2.75) is 26.0 Å². The van der Waals surface area contributed by atoms with Crippen LogP contribution >= 0.6 is 0 Å². The van der Waals surface area contributed by atoms with E-state index in [1.54, 1.807) is 25.3 Å². The molecular formula is C14H20N2O3. The van der Waals surface area contributed by atoms with Crippen LogP contribution in [0.2, 0.25) is 0 Å². The summed E-state index contributed by atoms with van der Waals surface area (Å²) in [5.74, 6) is 0.567. The fourth-order valence-electron chi connectivity index (χ4n) is 2.22. The van der Waals surface area contributed by atoms with Crippen LogP contribution in [0.1, 0.15) is 24.2 Å². The molecule has 0 bridgehead atoms. The minimum absolute atomic E-state index is 0.0167. The lowest BCUT2D eigenvalue weighted by Crippen LogP contribution is -2.50. The number of nitrogen functional groups attached to an aromatic ring is 1. The summed E-state index contributed by atoms with van der Waals surface area (Å²) in [6.07, 6.45) is 0.0655. The van der Waals surface area contributed by atoms with E-state index in [1.165, 1.54) is 0 Å². The molecule has 0 aromatic heterocycles. The van der Waals surface area contributed by atoms with Crippen molar-refractivity contribution in [1.29, 1.82) is 0 Å². The van der Waals surface area contributed by atoms with Gasteiger partial charge < -0.3 is 20.1 Å². The van der Waals surface area contributed by atoms with Gasteiger partial charge in [-0.1, -0.05) is 0 Å². The van der Waals surface area contributed by atoms with Crippen molar-refractivity contribution >= 4 is 11.6 Å². The smallest absolute Gasteiger partial charge is 0.254 e. The number of morpholine rings is 1. The zero-order valence-corrected chi connectivity index (χ0v) is 11.6. The minimum atomic E-state index is -0.0167. The van der Waals surface area contributed by atoms with Crippen LogP contribution in [0, 0.1) is 0 Å². The molecule has 2 N–H and O–H groups in total. The Labute approximate surface area is 113 Å². The third kappa shape index (κ3) is 2.81. The number of nitrogens with two attached hydrogens (primary N) is 1. The number of nitrogens with zero attached hydrogens (tertiary/aromatic N) is 1. The van der Waals surface area contributed by atoms with E-state index in [-0.39, 0.29) is 18.1 Å². The number of benzene rings is 1. The third-order valence-corrected chi connectivity index (χ3v) is 3.35. The van der Waals surface area contributed by atoms with Crippen LogP contribution in [-0.4, -0.2) is 43.2 Å². The van der Waals surface area contributed by atoms with E-state index in [4.69, 9.17) is 15.2 Å². The van der Waals surface area contributed by atoms with Gasteiger partial charge in [0, 0.05) is 12.1 Å². The first-order chi connectivity index (χ1) is 9.02. The molecule has 5 nitrogen and oxygen atoms in total. The molecule has 19 heavy (non-hydrogen) atoms. The van der Waals surface area contributed by atoms with Crippen LogP contribution in [-0.2, 0) is 4.74 Å². The first kappa shape index (κ1) is 13.7. The summed E-state index contributed by atoms with van der Waals surface area (Å²) in [4.78, 5) is 14.3. The van der Waals surface area contributed by atoms with Gasteiger partial charge in [0.2, 0.25) is 0 Å². The number of rotatable bonds is 2. The van der Waals surface area contributed by atoms with Gasteiger partial charge >= 0.3 is 0 Å². The number of carbonyl (C=O) groups excluding carboxylic acids is 1. The second-order valence-electron chi connectivity index (χ2n) is 4.91. The van der Waals surface area contributed by atoms with Crippen LogP contribution in [0.15, 0.2) is 18.2 Å². The van der Waals surface area contributed by atoms with Crippen molar-refractivity contribution in [1.82, 2.24) is 4.90 Å². The molecule has 1 amide bonds. The van der Waals surface area contributed by atoms with Crippen LogP contribution in [0.25, 0.3) is 0 Å². The molecule has 1 heterocycles. The second-order valence-corrected chi connectivity index (χ2v) is 4.91. The van der Waals surface area contributed by atoms with E-state index < -0.39 is 0 Å². The van der Waals surface area contributed by atoms with Crippen molar-refractivity contribution in [3.63, 3.8) is 0 Å². The molecule has 0 spiro atoms. The average Bonchev–Trinajstić information content (AvgIpc) is 2.40. The van der Waals surface area contributed by atoms with Gasteiger partial charge in [-0.2, -0.15) is 0 Å². The normalized spacial score (nSPS) is 23.2. The highest BCUT2D eigenvalue weighted by molar-refractivity contribution is 5.95. The van der Waals surface area contributed by atoms with Crippen LogP contribution in [0.5, 0.6) is 5.75 Å². The second kappa shape index (κ2) is 5.48. The summed E-state index contributed by atoms with van der Waals surface area (Å²) in [5, 5.41) is 0. The van der Waals surface area contributed by atoms with Crippen LogP contribution in [0.4, 0.5) is 5.69 Å². The molecule has 0 saturated carbocycles. The van der Waals surface area contributed by atoms with Gasteiger partial charge in [-0.15, -0.1) is 0 Å². The third-order valence-electron chi connectivity index (χ3n) is 3.35. The molecule has 1 aliphatic rings. The molecule has 2 rings (SSSR count). The van der Waals surface area contributed by atoms with Gasteiger partial charge in [0.25, 0.3) is 5.91 Å². The Morgan fingerprint density at radius 3 is 2.84 bits per heavy atom. The predicted molar refractivity (Wildman–Crippen MR) is 73.3 cm³/mol. The number of hydrogen-bond acceptors (Lipinski definition) is 4. The van der Waals surface area contributed by atoms with Crippen molar-refractivity contribution in [3.05, 3.63) is 23.8 Å². The summed E-state index contributed by atoms with van der Waals surface area (Å²) in [7, 11) is 1.55. The highest BCUT2D eigenvalue weighted by Gasteiger charge is 2.28. The molecule has 2 atom stereocenters. The lowest BCUT2D eigenvalue weighted by molar-refractivity contribution is -0.0387. The topological polar surface area (TPSA) is 64.8 Å². The number of ether oxygens (including phenoxy) is 2. The standard InChI is InChI=1S/C14H20N2O3/c1-9-8-19-10(2)7-16(9)14(17)11-4-5-13(18-3)12(15)6-11/h4-6,9-10H,7-8,15H2,1-3H3. The van der Waals surface area contributed by atoms with Crippen LogP contribution < -0.4 is 10.5 Å². The Kier molecular flexibility index (Phi) is 3.95. The Hall–Kier alpha value is -1.75. The lowest BCUT2D eigenvalue weighted by atomic mass is 10.1. The van der Waals surface area contributed by atoms with Crippen molar-refractivity contribution in [2.75, 3.05) is 26.0 Å². The lowest BCUT2D eigenvalue weighted by Gasteiger charge is -2.36. The summed E-state index contributed by atoms with van der Waals surface area (Å²) in [6.45, 7) is 5.12. The Morgan fingerprint density at radius 2 is 2.21 bits per heavy atom. The minimum Gasteiger partial charge on any atom is -0.495 e. The predicted octanol–water partition coefficient (Wildman–Crippen LogP) is 1.53. The number of anilines is 1. The van der Waals surface area contributed by atoms with Gasteiger partial charge in [0.05, 0.1) is 31.5 Å². The Balaban J connectivity index is 2.21. The van der Waals surface area contributed by atoms with Gasteiger partial charge in [-0.25, -0.2) is 0 Å². The molecular weight excluding hydrogens is 244 g/mol. The maximum atomic E-state index is 12.5. The summed E-state index contributed by atoms with van der Waals surface area (Å²) in [5.41, 5.74) is 6.90. The van der Waals surface area contributed by atoms with Crippen molar-refractivity contribution < 1.29 is 14.3 Å².